The Labute approximate surface area is 81.8 Å². The Hall–Kier alpha value is -1.52. The Morgan fingerprint density at radius 2 is 2.64 bits per heavy atom. The summed E-state index contributed by atoms with van der Waals surface area (Å²) in [6.07, 6.45) is 1.73. The van der Waals surface area contributed by atoms with Crippen molar-refractivity contribution >= 4 is 6.03 Å². The molecule has 76 valence electrons. The minimum absolute atomic E-state index is 0.206. The van der Waals surface area contributed by atoms with Gasteiger partial charge in [0.15, 0.2) is 0 Å². The van der Waals surface area contributed by atoms with Crippen molar-refractivity contribution in [3.63, 3.8) is 0 Å². The second-order valence-electron chi connectivity index (χ2n) is 3.61. The van der Waals surface area contributed by atoms with Crippen LogP contribution in [0.1, 0.15) is 17.9 Å². The van der Waals surface area contributed by atoms with Crippen LogP contribution in [0.2, 0.25) is 0 Å². The summed E-state index contributed by atoms with van der Waals surface area (Å²) >= 11 is 0. The van der Waals surface area contributed by atoms with Gasteiger partial charge in [0, 0.05) is 25.1 Å². The molecule has 1 saturated heterocycles. The monoisotopic (exact) mass is 195 g/mol. The molecule has 0 spiro atoms. The Morgan fingerprint density at radius 3 is 3.07 bits per heavy atom. The first-order valence-corrected chi connectivity index (χ1v) is 4.65. The third-order valence-corrected chi connectivity index (χ3v) is 2.55. The maximum absolute atomic E-state index is 10.9. The van der Waals surface area contributed by atoms with E-state index in [9.17, 15) is 4.79 Å². The van der Waals surface area contributed by atoms with Crippen LogP contribution in [0.25, 0.3) is 0 Å². The molecular weight excluding hydrogens is 182 g/mol. The summed E-state index contributed by atoms with van der Waals surface area (Å²) in [7, 11) is 0. The minimum Gasteiger partial charge on any atom is -0.361 e. The van der Waals surface area contributed by atoms with Crippen LogP contribution in [0.4, 0.5) is 4.79 Å². The van der Waals surface area contributed by atoms with Crippen LogP contribution >= 0.6 is 0 Å². The lowest BCUT2D eigenvalue weighted by Crippen LogP contribution is -2.54. The van der Waals surface area contributed by atoms with Crippen LogP contribution in [0.3, 0.4) is 0 Å². The topological polar surface area (TPSA) is 72.4 Å². The highest BCUT2D eigenvalue weighted by Gasteiger charge is 2.31. The fraction of sp³-hybridized carbons (Fsp3) is 0.556. The third-order valence-electron chi connectivity index (χ3n) is 2.55. The van der Waals surface area contributed by atoms with Gasteiger partial charge in [-0.15, -0.1) is 0 Å². The Bertz CT molecular complexity index is 348. The highest BCUT2D eigenvalue weighted by Crippen LogP contribution is 2.20. The molecule has 1 aromatic heterocycles. The molecule has 0 aromatic carbocycles. The third kappa shape index (κ3) is 1.57. The number of carbonyl (C=O) groups excluding carboxylic acids is 1. The first-order chi connectivity index (χ1) is 6.66. The van der Waals surface area contributed by atoms with Gasteiger partial charge in [-0.2, -0.15) is 0 Å². The molecule has 5 heteroatoms. The molecule has 2 heterocycles. The Kier molecular flexibility index (Phi) is 2.15. The number of urea groups is 1. The van der Waals surface area contributed by atoms with Gasteiger partial charge in [-0.1, -0.05) is 5.16 Å². The number of hydrogen-bond donors (Lipinski definition) is 1. The van der Waals surface area contributed by atoms with Gasteiger partial charge in [-0.25, -0.2) is 4.79 Å². The second-order valence-corrected chi connectivity index (χ2v) is 3.61. The minimum atomic E-state index is -0.346. The molecule has 5 nitrogen and oxygen atoms in total. The van der Waals surface area contributed by atoms with Crippen molar-refractivity contribution in [3.05, 3.63) is 17.5 Å². The smallest absolute Gasteiger partial charge is 0.315 e. The Balaban J connectivity index is 1.95. The highest BCUT2D eigenvalue weighted by atomic mass is 16.5. The molecule has 2 N–H and O–H groups in total. The lowest BCUT2D eigenvalue weighted by Gasteiger charge is -2.39. The van der Waals surface area contributed by atoms with E-state index in [0.717, 1.165) is 30.8 Å². The maximum Gasteiger partial charge on any atom is 0.315 e. The van der Waals surface area contributed by atoms with Gasteiger partial charge in [0.25, 0.3) is 0 Å². The van der Waals surface area contributed by atoms with Crippen LogP contribution < -0.4 is 5.73 Å². The van der Waals surface area contributed by atoms with Gasteiger partial charge in [-0.3, -0.25) is 0 Å². The summed E-state index contributed by atoms with van der Waals surface area (Å²) in [6, 6.07) is 1.75. The van der Waals surface area contributed by atoms with E-state index in [1.54, 1.807) is 4.90 Å². The SMILES string of the molecule is Cc1cc(CC2CCN2C(N)=O)no1. The first-order valence-electron chi connectivity index (χ1n) is 4.65. The number of aryl methyl sites for hydroxylation is 1. The first kappa shape index (κ1) is 9.05. The van der Waals surface area contributed by atoms with Crippen LogP contribution in [0, 0.1) is 6.92 Å². The molecule has 1 atom stereocenters. The zero-order valence-corrected chi connectivity index (χ0v) is 8.06. The molecule has 1 unspecified atom stereocenters. The fourth-order valence-electron chi connectivity index (χ4n) is 1.70. The van der Waals surface area contributed by atoms with E-state index in [-0.39, 0.29) is 12.1 Å². The van der Waals surface area contributed by atoms with E-state index in [1.807, 2.05) is 13.0 Å². The number of aromatic nitrogens is 1. The van der Waals surface area contributed by atoms with Gasteiger partial charge in [0.1, 0.15) is 5.76 Å². The number of primary amides is 1. The van der Waals surface area contributed by atoms with E-state index >= 15 is 0 Å². The molecule has 2 amide bonds. The average molecular weight is 195 g/mol. The summed E-state index contributed by atoms with van der Waals surface area (Å²) in [4.78, 5) is 12.5. The zero-order valence-electron chi connectivity index (χ0n) is 8.06. The Morgan fingerprint density at radius 1 is 1.86 bits per heavy atom. The van der Waals surface area contributed by atoms with Crippen molar-refractivity contribution in [2.45, 2.75) is 25.8 Å². The summed E-state index contributed by atoms with van der Waals surface area (Å²) in [6.45, 7) is 2.61. The lowest BCUT2D eigenvalue weighted by molar-refractivity contribution is 0.121. The van der Waals surface area contributed by atoms with Crippen molar-refractivity contribution in [1.82, 2.24) is 10.1 Å². The number of amides is 2. The van der Waals surface area contributed by atoms with Crippen LogP contribution in [0.5, 0.6) is 0 Å². The van der Waals surface area contributed by atoms with E-state index in [2.05, 4.69) is 5.16 Å². The fourth-order valence-corrected chi connectivity index (χ4v) is 1.70. The number of rotatable bonds is 2. The van der Waals surface area contributed by atoms with E-state index in [4.69, 9.17) is 10.3 Å². The largest absolute Gasteiger partial charge is 0.361 e. The summed E-state index contributed by atoms with van der Waals surface area (Å²) < 4.78 is 4.94. The number of likely N-dealkylation sites (tertiary alicyclic amines) is 1. The molecule has 14 heavy (non-hydrogen) atoms. The zero-order chi connectivity index (χ0) is 10.1. The van der Waals surface area contributed by atoms with Gasteiger partial charge < -0.3 is 15.2 Å². The van der Waals surface area contributed by atoms with E-state index in [1.165, 1.54) is 0 Å². The van der Waals surface area contributed by atoms with Crippen LogP contribution in [-0.2, 0) is 6.42 Å². The molecule has 0 bridgehead atoms. The van der Waals surface area contributed by atoms with Crippen molar-refractivity contribution in [2.24, 2.45) is 5.73 Å². The second kappa shape index (κ2) is 3.32. The van der Waals surface area contributed by atoms with Gasteiger partial charge in [0.05, 0.1) is 5.69 Å². The highest BCUT2D eigenvalue weighted by molar-refractivity contribution is 5.73. The van der Waals surface area contributed by atoms with Crippen LogP contribution in [-0.4, -0.2) is 28.7 Å². The van der Waals surface area contributed by atoms with Gasteiger partial charge in [0.2, 0.25) is 0 Å². The normalized spacial score (nSPS) is 20.6. The molecular formula is C9H13N3O2. The summed E-state index contributed by atoms with van der Waals surface area (Å²) in [5, 5.41) is 3.88. The van der Waals surface area contributed by atoms with Crippen LogP contribution in [0.15, 0.2) is 10.6 Å². The number of nitrogens with zero attached hydrogens (tertiary/aromatic N) is 2. The quantitative estimate of drug-likeness (QED) is 0.754. The summed E-state index contributed by atoms with van der Waals surface area (Å²) in [5.74, 6) is 0.796. The number of nitrogens with two attached hydrogens (primary N) is 1. The van der Waals surface area contributed by atoms with Crippen molar-refractivity contribution in [3.8, 4) is 0 Å². The van der Waals surface area contributed by atoms with Crippen molar-refractivity contribution < 1.29 is 9.32 Å². The number of hydrogen-bond acceptors (Lipinski definition) is 3. The molecule has 1 aliphatic heterocycles. The molecule has 1 aliphatic rings. The molecule has 1 aromatic rings. The molecule has 0 aliphatic carbocycles. The van der Waals surface area contributed by atoms with Crippen molar-refractivity contribution in [2.75, 3.05) is 6.54 Å². The summed E-state index contributed by atoms with van der Waals surface area (Å²) in [5.41, 5.74) is 6.08. The predicted molar refractivity (Wildman–Crippen MR) is 49.6 cm³/mol. The van der Waals surface area contributed by atoms with Gasteiger partial charge in [-0.05, 0) is 13.3 Å². The average Bonchev–Trinajstić information content (AvgIpc) is 2.44. The number of carbonyl (C=O) groups is 1. The van der Waals surface area contributed by atoms with E-state index < -0.39 is 0 Å². The molecule has 0 saturated carbocycles. The lowest BCUT2D eigenvalue weighted by atomic mass is 9.98. The molecule has 2 rings (SSSR count). The molecule has 0 radical (unpaired) electrons. The predicted octanol–water partition coefficient (Wildman–Crippen LogP) is 0.679. The van der Waals surface area contributed by atoms with Crippen molar-refractivity contribution in [1.29, 1.82) is 0 Å². The molecule has 1 fully saturated rings. The maximum atomic E-state index is 10.9. The van der Waals surface area contributed by atoms with Gasteiger partial charge >= 0.3 is 6.03 Å². The standard InChI is InChI=1S/C9H13N3O2/c1-6-4-7(11-14-6)5-8-2-3-12(8)9(10)13/h4,8H,2-3,5H2,1H3,(H2,10,13). The van der Waals surface area contributed by atoms with E-state index in [0.29, 0.717) is 0 Å².